The first-order valence-electron chi connectivity index (χ1n) is 10.7. The van der Waals surface area contributed by atoms with Crippen molar-refractivity contribution in [3.05, 3.63) is 78.4 Å². The van der Waals surface area contributed by atoms with Crippen molar-refractivity contribution in [3.63, 3.8) is 0 Å². The van der Waals surface area contributed by atoms with Crippen molar-refractivity contribution in [2.75, 3.05) is 26.1 Å². The molecular weight excluding hydrogens is 456 g/mol. The Bertz CT molecular complexity index is 1200. The predicted molar refractivity (Wildman–Crippen MR) is 130 cm³/mol. The number of nitrogens with one attached hydrogen (secondary N) is 2. The first-order chi connectivity index (χ1) is 16.4. The van der Waals surface area contributed by atoms with Gasteiger partial charge >= 0.3 is 0 Å². The van der Waals surface area contributed by atoms with Gasteiger partial charge in [0.25, 0.3) is 0 Å². The zero-order valence-corrected chi connectivity index (χ0v) is 20.1. The fraction of sp³-hybridized carbons (Fsp3) is 0.240. The van der Waals surface area contributed by atoms with Crippen LogP contribution in [0.1, 0.15) is 12.5 Å². The molecule has 0 bridgehead atoms. The van der Waals surface area contributed by atoms with E-state index in [1.54, 1.807) is 30.3 Å². The van der Waals surface area contributed by atoms with E-state index in [0.717, 1.165) is 5.56 Å². The number of carbonyl (C=O) groups is 1. The topological polar surface area (TPSA) is 103 Å². The molecule has 0 radical (unpaired) electrons. The quantitative estimate of drug-likeness (QED) is 0.431. The van der Waals surface area contributed by atoms with Crippen molar-refractivity contribution in [2.45, 2.75) is 24.3 Å². The van der Waals surface area contributed by atoms with Gasteiger partial charge in [0.1, 0.15) is 23.3 Å². The fourth-order valence-electron chi connectivity index (χ4n) is 3.31. The smallest absolute Gasteiger partial charge is 0.243 e. The van der Waals surface area contributed by atoms with Crippen LogP contribution in [-0.2, 0) is 21.2 Å². The van der Waals surface area contributed by atoms with Gasteiger partial charge in [-0.25, -0.2) is 8.42 Å². The molecule has 0 spiro atoms. The van der Waals surface area contributed by atoms with Crippen molar-refractivity contribution in [1.29, 1.82) is 0 Å². The Morgan fingerprint density at radius 1 is 0.912 bits per heavy atom. The van der Waals surface area contributed by atoms with Crippen molar-refractivity contribution >= 4 is 21.6 Å². The van der Waals surface area contributed by atoms with Gasteiger partial charge in [0.15, 0.2) is 0 Å². The number of amides is 1. The molecule has 8 nitrogen and oxygen atoms in total. The molecule has 180 valence electrons. The molecule has 0 fully saturated rings. The van der Waals surface area contributed by atoms with E-state index in [9.17, 15) is 13.2 Å². The number of benzene rings is 3. The Morgan fingerprint density at radius 2 is 1.59 bits per heavy atom. The highest BCUT2D eigenvalue weighted by Gasteiger charge is 2.27. The summed E-state index contributed by atoms with van der Waals surface area (Å²) in [7, 11) is -1.01. The van der Waals surface area contributed by atoms with E-state index in [0.29, 0.717) is 29.5 Å². The number of hydrogen-bond acceptors (Lipinski definition) is 6. The highest BCUT2D eigenvalue weighted by Crippen LogP contribution is 2.29. The summed E-state index contributed by atoms with van der Waals surface area (Å²) in [5.41, 5.74) is 1.17. The van der Waals surface area contributed by atoms with E-state index in [1.807, 2.05) is 37.3 Å². The van der Waals surface area contributed by atoms with Gasteiger partial charge in [-0.3, -0.25) is 4.79 Å². The number of rotatable bonds is 11. The molecule has 0 saturated carbocycles. The van der Waals surface area contributed by atoms with Crippen molar-refractivity contribution in [1.82, 2.24) is 4.72 Å². The van der Waals surface area contributed by atoms with Gasteiger partial charge in [-0.2, -0.15) is 4.72 Å². The van der Waals surface area contributed by atoms with Crippen molar-refractivity contribution < 1.29 is 27.4 Å². The third-order valence-corrected chi connectivity index (χ3v) is 6.49. The molecule has 1 amide bonds. The summed E-state index contributed by atoms with van der Waals surface area (Å²) < 4.78 is 44.7. The highest BCUT2D eigenvalue weighted by atomic mass is 32.2. The zero-order chi connectivity index (χ0) is 24.6. The summed E-state index contributed by atoms with van der Waals surface area (Å²) in [6, 6.07) is 19.1. The van der Waals surface area contributed by atoms with E-state index >= 15 is 0 Å². The fourth-order valence-corrected chi connectivity index (χ4v) is 4.50. The van der Waals surface area contributed by atoms with Crippen LogP contribution in [0.2, 0.25) is 0 Å². The number of hydrogen-bond donors (Lipinski definition) is 2. The van der Waals surface area contributed by atoms with Gasteiger partial charge in [-0.1, -0.05) is 30.3 Å². The van der Waals surface area contributed by atoms with Gasteiger partial charge < -0.3 is 19.5 Å². The molecule has 0 unspecified atom stereocenters. The molecule has 1 atom stereocenters. The van der Waals surface area contributed by atoms with Gasteiger partial charge in [0, 0.05) is 6.07 Å². The number of carbonyl (C=O) groups excluding carboxylic acids is 1. The summed E-state index contributed by atoms with van der Waals surface area (Å²) in [6.07, 6.45) is 0.148. The number of ether oxygens (including phenoxy) is 3. The van der Waals surface area contributed by atoms with Crippen LogP contribution >= 0.6 is 0 Å². The van der Waals surface area contributed by atoms with Crippen molar-refractivity contribution in [3.8, 4) is 17.2 Å². The molecule has 3 rings (SSSR count). The van der Waals surface area contributed by atoms with E-state index < -0.39 is 22.0 Å². The molecule has 0 aromatic heterocycles. The van der Waals surface area contributed by atoms with Crippen LogP contribution in [0.15, 0.2) is 77.7 Å². The summed E-state index contributed by atoms with van der Waals surface area (Å²) in [5.74, 6) is 0.961. The van der Waals surface area contributed by atoms with E-state index in [2.05, 4.69) is 10.0 Å². The molecule has 9 heteroatoms. The molecule has 0 aliphatic carbocycles. The first-order valence-corrected chi connectivity index (χ1v) is 12.2. The first kappa shape index (κ1) is 25.1. The Morgan fingerprint density at radius 3 is 2.21 bits per heavy atom. The predicted octanol–water partition coefficient (Wildman–Crippen LogP) is 3.63. The SMILES string of the molecule is CCOc1ccc(S(=O)(=O)N[C@@H](Cc2ccccc2)C(=O)Nc2cc(OC)ccc2OC)cc1. The molecule has 0 heterocycles. The molecule has 0 aliphatic heterocycles. The van der Waals surface area contributed by atoms with E-state index in [1.165, 1.54) is 26.4 Å². The van der Waals surface area contributed by atoms with Gasteiger partial charge in [-0.05, 0) is 55.3 Å². The Kier molecular flexibility index (Phi) is 8.50. The zero-order valence-electron chi connectivity index (χ0n) is 19.3. The summed E-state index contributed by atoms with van der Waals surface area (Å²) in [5, 5.41) is 2.77. The summed E-state index contributed by atoms with van der Waals surface area (Å²) in [6.45, 7) is 2.31. The molecule has 34 heavy (non-hydrogen) atoms. The maximum atomic E-state index is 13.3. The Hall–Kier alpha value is -3.56. The molecule has 3 aromatic rings. The standard InChI is InChI=1S/C25H28N2O6S/c1-4-33-19-10-13-21(14-11-19)34(29,30)27-23(16-18-8-6-5-7-9-18)25(28)26-22-17-20(31-2)12-15-24(22)32-3/h5-15,17,23,27H,4,16H2,1-3H3,(H,26,28)/t23-/m0/s1. The van der Waals surface area contributed by atoms with Gasteiger partial charge in [-0.15, -0.1) is 0 Å². The average molecular weight is 485 g/mol. The maximum Gasteiger partial charge on any atom is 0.243 e. The van der Waals surface area contributed by atoms with Crippen molar-refractivity contribution in [2.24, 2.45) is 0 Å². The third-order valence-electron chi connectivity index (χ3n) is 5.01. The lowest BCUT2D eigenvalue weighted by molar-refractivity contribution is -0.117. The summed E-state index contributed by atoms with van der Waals surface area (Å²) in [4.78, 5) is 13.3. The Balaban J connectivity index is 1.88. The molecule has 0 aliphatic rings. The van der Waals surface area contributed by atoms with Gasteiger partial charge in [0.2, 0.25) is 15.9 Å². The van der Waals surface area contributed by atoms with Crippen LogP contribution in [0.3, 0.4) is 0 Å². The largest absolute Gasteiger partial charge is 0.497 e. The van der Waals surface area contributed by atoms with Crippen LogP contribution < -0.4 is 24.2 Å². The second kappa shape index (κ2) is 11.5. The lowest BCUT2D eigenvalue weighted by Gasteiger charge is -2.20. The molecule has 2 N–H and O–H groups in total. The molecular formula is C25H28N2O6S. The van der Waals surface area contributed by atoms with Gasteiger partial charge in [0.05, 0.1) is 31.4 Å². The van der Waals surface area contributed by atoms with E-state index in [4.69, 9.17) is 14.2 Å². The minimum atomic E-state index is -4.00. The van der Waals surface area contributed by atoms with Crippen LogP contribution in [0.25, 0.3) is 0 Å². The number of sulfonamides is 1. The minimum Gasteiger partial charge on any atom is -0.497 e. The number of methoxy groups -OCH3 is 2. The monoisotopic (exact) mass is 484 g/mol. The summed E-state index contributed by atoms with van der Waals surface area (Å²) >= 11 is 0. The molecule has 3 aromatic carbocycles. The van der Waals surface area contributed by atoms with Crippen LogP contribution in [0, 0.1) is 0 Å². The minimum absolute atomic E-state index is 0.0285. The van der Waals surface area contributed by atoms with Crippen LogP contribution in [0.5, 0.6) is 17.2 Å². The lowest BCUT2D eigenvalue weighted by atomic mass is 10.1. The second-order valence-corrected chi connectivity index (χ2v) is 9.04. The lowest BCUT2D eigenvalue weighted by Crippen LogP contribution is -2.45. The average Bonchev–Trinajstić information content (AvgIpc) is 2.84. The maximum absolute atomic E-state index is 13.3. The molecule has 0 saturated heterocycles. The van der Waals surface area contributed by atoms with Crippen LogP contribution in [0.4, 0.5) is 5.69 Å². The Labute approximate surface area is 199 Å². The highest BCUT2D eigenvalue weighted by molar-refractivity contribution is 7.89. The third kappa shape index (κ3) is 6.49. The van der Waals surface area contributed by atoms with E-state index in [-0.39, 0.29) is 11.3 Å². The second-order valence-electron chi connectivity index (χ2n) is 7.32. The number of anilines is 1. The normalized spacial score (nSPS) is 12.0. The van der Waals surface area contributed by atoms with Crippen LogP contribution in [-0.4, -0.2) is 41.2 Å².